The minimum Gasteiger partial charge on any atom is -0.338 e. The van der Waals surface area contributed by atoms with Crippen molar-refractivity contribution < 1.29 is 0 Å². The number of nitrogens with zero attached hydrogens (tertiary/aromatic N) is 4. The lowest BCUT2D eigenvalue weighted by Crippen LogP contribution is -2.62. The Morgan fingerprint density at radius 2 is 1.31 bits per heavy atom. The molecule has 2 heterocycles. The largest absolute Gasteiger partial charge is 0.338 e. The minimum atomic E-state index is 0.121. The third-order valence-corrected chi connectivity index (χ3v) is 6.10. The Morgan fingerprint density at radius 3 is 1.83 bits per heavy atom. The van der Waals surface area contributed by atoms with Crippen molar-refractivity contribution in [3.63, 3.8) is 0 Å². The van der Waals surface area contributed by atoms with Crippen LogP contribution in [0.15, 0.2) is 12.7 Å². The van der Waals surface area contributed by atoms with Crippen molar-refractivity contribution in [2.45, 2.75) is 129 Å². The summed E-state index contributed by atoms with van der Waals surface area (Å²) in [5, 5.41) is 3.80. The second-order valence-electron chi connectivity index (χ2n) is 10.3. The molecule has 5 nitrogen and oxygen atoms in total. The van der Waals surface area contributed by atoms with Gasteiger partial charge in [-0.15, -0.1) is 0 Å². The van der Waals surface area contributed by atoms with Crippen LogP contribution in [-0.2, 0) is 0 Å². The van der Waals surface area contributed by atoms with Gasteiger partial charge in [-0.05, 0) is 47.0 Å². The van der Waals surface area contributed by atoms with Crippen LogP contribution < -0.4 is 10.2 Å². The van der Waals surface area contributed by atoms with Gasteiger partial charge in [0.2, 0.25) is 5.95 Å². The predicted octanol–water partition coefficient (Wildman–Crippen LogP) is 5.91. The third-order valence-electron chi connectivity index (χ3n) is 6.10. The summed E-state index contributed by atoms with van der Waals surface area (Å²) in [5.41, 5.74) is 0.241. The highest BCUT2D eigenvalue weighted by molar-refractivity contribution is 5.31. The normalized spacial score (nSPS) is 18.7. The zero-order valence-corrected chi connectivity index (χ0v) is 19.7. The molecule has 0 unspecified atom stereocenters. The Hall–Kier alpha value is -1.23. The molecule has 0 aromatic carbocycles. The SMILES string of the molecule is CCCCCCCCCCCCN(c1ncncn1)C1CC(C)(C)NC(C)(C)C1. The van der Waals surface area contributed by atoms with E-state index in [1.807, 2.05) is 0 Å². The molecule has 1 fully saturated rings. The average molecular weight is 404 g/mol. The van der Waals surface area contributed by atoms with E-state index in [1.165, 1.54) is 64.2 Å². The highest BCUT2D eigenvalue weighted by Gasteiger charge is 2.40. The number of hydrogen-bond donors (Lipinski definition) is 1. The van der Waals surface area contributed by atoms with Crippen molar-refractivity contribution >= 4 is 5.95 Å². The van der Waals surface area contributed by atoms with Crippen LogP contribution >= 0.6 is 0 Å². The lowest BCUT2D eigenvalue weighted by molar-refractivity contribution is 0.157. The summed E-state index contributed by atoms with van der Waals surface area (Å²) in [6.45, 7) is 12.6. The highest BCUT2D eigenvalue weighted by atomic mass is 15.3. The number of rotatable bonds is 13. The number of piperidine rings is 1. The summed E-state index contributed by atoms with van der Waals surface area (Å²) in [4.78, 5) is 15.5. The Bertz CT molecular complexity index is 542. The highest BCUT2D eigenvalue weighted by Crippen LogP contribution is 2.33. The van der Waals surface area contributed by atoms with Crippen molar-refractivity contribution in [1.29, 1.82) is 0 Å². The molecule has 0 spiro atoms. The van der Waals surface area contributed by atoms with E-state index >= 15 is 0 Å². The molecule has 1 aromatic heterocycles. The van der Waals surface area contributed by atoms with Crippen LogP contribution in [0.1, 0.15) is 112 Å². The monoisotopic (exact) mass is 403 g/mol. The molecule has 1 N–H and O–H groups in total. The zero-order chi connectivity index (χ0) is 21.2. The molecule has 2 rings (SSSR count). The fourth-order valence-electron chi connectivity index (χ4n) is 5.09. The number of unbranched alkanes of at least 4 members (excludes halogenated alkanes) is 9. The van der Waals surface area contributed by atoms with E-state index in [9.17, 15) is 0 Å². The molecule has 29 heavy (non-hydrogen) atoms. The molecule has 0 aliphatic carbocycles. The Labute approximate surface area is 179 Å². The smallest absolute Gasteiger partial charge is 0.228 e. The van der Waals surface area contributed by atoms with Gasteiger partial charge in [-0.1, -0.05) is 64.7 Å². The molecule has 0 atom stereocenters. The summed E-state index contributed by atoms with van der Waals surface area (Å²) in [5.74, 6) is 0.842. The summed E-state index contributed by atoms with van der Waals surface area (Å²) in [6, 6.07) is 0.460. The van der Waals surface area contributed by atoms with Crippen LogP contribution in [0.2, 0.25) is 0 Å². The Morgan fingerprint density at radius 1 is 0.828 bits per heavy atom. The molecular weight excluding hydrogens is 358 g/mol. The van der Waals surface area contributed by atoms with Crippen LogP contribution in [0.4, 0.5) is 5.95 Å². The predicted molar refractivity (Wildman–Crippen MR) is 123 cm³/mol. The maximum absolute atomic E-state index is 4.50. The Balaban J connectivity index is 1.82. The first-order valence-electron chi connectivity index (χ1n) is 12.0. The molecule has 0 radical (unpaired) electrons. The third kappa shape index (κ3) is 8.98. The van der Waals surface area contributed by atoms with Gasteiger partial charge in [0.1, 0.15) is 12.7 Å². The van der Waals surface area contributed by atoms with Crippen molar-refractivity contribution in [2.75, 3.05) is 11.4 Å². The van der Waals surface area contributed by atoms with Gasteiger partial charge in [-0.25, -0.2) is 15.0 Å². The van der Waals surface area contributed by atoms with Gasteiger partial charge in [-0.3, -0.25) is 0 Å². The van der Waals surface area contributed by atoms with Crippen LogP contribution in [0, 0.1) is 0 Å². The molecular formula is C24H45N5. The fraction of sp³-hybridized carbons (Fsp3) is 0.875. The van der Waals surface area contributed by atoms with Crippen LogP contribution in [0.3, 0.4) is 0 Å². The molecule has 1 aliphatic heterocycles. The standard InChI is InChI=1S/C24H45N5/c1-6-7-8-9-10-11-12-13-14-15-16-29(22-26-19-25-20-27-22)21-17-23(2,3)28-24(4,5)18-21/h19-21,28H,6-18H2,1-5H3. The molecule has 0 bridgehead atoms. The number of hydrogen-bond acceptors (Lipinski definition) is 5. The van der Waals surface area contributed by atoms with E-state index in [2.05, 4.69) is 59.8 Å². The second-order valence-corrected chi connectivity index (χ2v) is 10.3. The molecule has 5 heteroatoms. The first kappa shape index (κ1) is 24.0. The molecule has 0 saturated carbocycles. The van der Waals surface area contributed by atoms with Gasteiger partial charge >= 0.3 is 0 Å². The van der Waals surface area contributed by atoms with Crippen molar-refractivity contribution in [2.24, 2.45) is 0 Å². The first-order valence-corrected chi connectivity index (χ1v) is 12.0. The van der Waals surface area contributed by atoms with Crippen LogP contribution in [0.5, 0.6) is 0 Å². The van der Waals surface area contributed by atoms with Crippen molar-refractivity contribution in [3.05, 3.63) is 12.7 Å². The van der Waals surface area contributed by atoms with Gasteiger partial charge in [-0.2, -0.15) is 0 Å². The summed E-state index contributed by atoms with van der Waals surface area (Å²) >= 11 is 0. The molecule has 1 saturated heterocycles. The van der Waals surface area contributed by atoms with Gasteiger partial charge in [0.05, 0.1) is 0 Å². The molecule has 0 amide bonds. The number of aromatic nitrogens is 3. The van der Waals surface area contributed by atoms with Crippen LogP contribution in [-0.4, -0.2) is 38.6 Å². The topological polar surface area (TPSA) is 53.9 Å². The van der Waals surface area contributed by atoms with E-state index < -0.39 is 0 Å². The maximum atomic E-state index is 4.50. The zero-order valence-electron chi connectivity index (χ0n) is 19.7. The minimum absolute atomic E-state index is 0.121. The van der Waals surface area contributed by atoms with Gasteiger partial charge in [0.25, 0.3) is 0 Å². The van der Waals surface area contributed by atoms with E-state index in [0.717, 1.165) is 25.3 Å². The molecule has 1 aromatic rings. The Kier molecular flexibility index (Phi) is 9.81. The molecule has 1 aliphatic rings. The second kappa shape index (κ2) is 11.8. The van der Waals surface area contributed by atoms with Crippen LogP contribution in [0.25, 0.3) is 0 Å². The van der Waals surface area contributed by atoms with E-state index in [4.69, 9.17) is 0 Å². The summed E-state index contributed by atoms with van der Waals surface area (Å²) in [6.07, 6.45) is 19.1. The summed E-state index contributed by atoms with van der Waals surface area (Å²) in [7, 11) is 0. The van der Waals surface area contributed by atoms with Crippen molar-refractivity contribution in [1.82, 2.24) is 20.3 Å². The van der Waals surface area contributed by atoms with E-state index in [1.54, 1.807) is 12.7 Å². The lowest BCUT2D eigenvalue weighted by Gasteiger charge is -2.49. The van der Waals surface area contributed by atoms with Crippen molar-refractivity contribution in [3.8, 4) is 0 Å². The average Bonchev–Trinajstić information content (AvgIpc) is 2.64. The summed E-state index contributed by atoms with van der Waals surface area (Å²) < 4.78 is 0. The number of nitrogens with one attached hydrogen (secondary N) is 1. The van der Waals surface area contributed by atoms with E-state index in [-0.39, 0.29) is 11.1 Å². The maximum Gasteiger partial charge on any atom is 0.228 e. The quantitative estimate of drug-likeness (QED) is 0.415. The van der Waals surface area contributed by atoms with Gasteiger partial charge in [0, 0.05) is 23.7 Å². The molecule has 166 valence electrons. The van der Waals surface area contributed by atoms with E-state index in [0.29, 0.717) is 6.04 Å². The van der Waals surface area contributed by atoms with Gasteiger partial charge < -0.3 is 10.2 Å². The first-order chi connectivity index (χ1) is 13.8. The lowest BCUT2D eigenvalue weighted by atomic mass is 9.79. The fourth-order valence-corrected chi connectivity index (χ4v) is 5.09. The van der Waals surface area contributed by atoms with Gasteiger partial charge in [0.15, 0.2) is 0 Å². The number of anilines is 1.